The quantitative estimate of drug-likeness (QED) is 0.469. The third-order valence-corrected chi connectivity index (χ3v) is 6.90. The molecule has 198 valence electrons. The number of hydrogen-bond acceptors (Lipinski definition) is 4. The maximum atomic E-state index is 13.7. The van der Waals surface area contributed by atoms with Gasteiger partial charge in [-0.2, -0.15) is 18.3 Å². The van der Waals surface area contributed by atoms with E-state index in [0.717, 1.165) is 57.7 Å². The van der Waals surface area contributed by atoms with Gasteiger partial charge in [-0.05, 0) is 57.3 Å². The highest BCUT2D eigenvalue weighted by atomic mass is 35.5. The minimum Gasteiger partial charge on any atom is -0.481 e. The molecule has 2 aromatic rings. The maximum absolute atomic E-state index is 13.7. The van der Waals surface area contributed by atoms with Crippen LogP contribution in [0.3, 0.4) is 0 Å². The van der Waals surface area contributed by atoms with Crippen molar-refractivity contribution < 1.29 is 27.9 Å². The van der Waals surface area contributed by atoms with Crippen LogP contribution in [0.4, 0.5) is 13.2 Å². The Morgan fingerprint density at radius 1 is 1.11 bits per heavy atom. The average Bonchev–Trinajstić information content (AvgIpc) is 3.58. The fourth-order valence-corrected chi connectivity index (χ4v) is 5.13. The highest BCUT2D eigenvalue weighted by molar-refractivity contribution is 5.94. The normalized spacial score (nSPS) is 17.6. The summed E-state index contributed by atoms with van der Waals surface area (Å²) in [7, 11) is 0. The van der Waals surface area contributed by atoms with Crippen molar-refractivity contribution in [2.45, 2.75) is 69.6 Å². The summed E-state index contributed by atoms with van der Waals surface area (Å²) in [5.41, 5.74) is -0.544. The van der Waals surface area contributed by atoms with E-state index >= 15 is 0 Å². The number of alkyl halides is 3. The first-order valence-corrected chi connectivity index (χ1v) is 12.2. The molecule has 1 aliphatic heterocycles. The van der Waals surface area contributed by atoms with Crippen LogP contribution in [0.2, 0.25) is 0 Å². The van der Waals surface area contributed by atoms with Crippen molar-refractivity contribution in [3.63, 3.8) is 0 Å². The molecule has 2 heterocycles. The highest BCUT2D eigenvalue weighted by Gasteiger charge is 2.35. The zero-order valence-corrected chi connectivity index (χ0v) is 20.8. The number of amides is 1. The van der Waals surface area contributed by atoms with Gasteiger partial charge in [0.25, 0.3) is 5.91 Å². The van der Waals surface area contributed by atoms with Gasteiger partial charge in [-0.25, -0.2) is 0 Å². The second-order valence-electron chi connectivity index (χ2n) is 9.45. The standard InChI is InChI=1S/C25H31F3N4O3.ClH/c26-25(27,28)20-10-4-3-9-19(20)22-16-21(30-32(22)18-7-1-2-8-18)24(35)29-17(15-23(33)34)11-14-31-12-5-6-13-31;/h3-4,9-10,16-18H,1-2,5-8,11-15H2,(H,29,35)(H,33,34);1H/t17-;/m0./s1. The highest BCUT2D eigenvalue weighted by Crippen LogP contribution is 2.40. The van der Waals surface area contributed by atoms with Crippen molar-refractivity contribution in [3.05, 3.63) is 41.6 Å². The minimum absolute atomic E-state index is 0. The molecule has 1 aromatic heterocycles. The number of aliphatic carboxylic acids is 1. The Balaban J connectivity index is 0.00000361. The fourth-order valence-electron chi connectivity index (χ4n) is 5.13. The van der Waals surface area contributed by atoms with Crippen molar-refractivity contribution in [3.8, 4) is 11.3 Å². The number of rotatable bonds is 9. The number of carboxylic acid groups (broad SMARTS) is 1. The molecule has 1 saturated heterocycles. The number of hydrogen-bond donors (Lipinski definition) is 2. The predicted molar refractivity (Wildman–Crippen MR) is 131 cm³/mol. The van der Waals surface area contributed by atoms with Gasteiger partial charge in [0.2, 0.25) is 0 Å². The summed E-state index contributed by atoms with van der Waals surface area (Å²) in [5.74, 6) is -1.59. The second kappa shape index (κ2) is 12.1. The summed E-state index contributed by atoms with van der Waals surface area (Å²) in [6.07, 6.45) is 1.37. The van der Waals surface area contributed by atoms with Crippen LogP contribution in [0.25, 0.3) is 11.3 Å². The molecule has 0 bridgehead atoms. The Morgan fingerprint density at radius 2 is 1.78 bits per heavy atom. The molecule has 2 fully saturated rings. The SMILES string of the molecule is Cl.O=C(O)C[C@H](CCN1CCCC1)NC(=O)c1cc(-c2ccccc2C(F)(F)F)n(C2CCCC2)n1. The zero-order valence-electron chi connectivity index (χ0n) is 20.0. The van der Waals surface area contributed by atoms with Gasteiger partial charge in [0.1, 0.15) is 0 Å². The van der Waals surface area contributed by atoms with Crippen molar-refractivity contribution in [2.75, 3.05) is 19.6 Å². The summed E-state index contributed by atoms with van der Waals surface area (Å²) in [5, 5.41) is 16.5. The van der Waals surface area contributed by atoms with Crippen LogP contribution in [0.15, 0.2) is 30.3 Å². The molecular weight excluding hydrogens is 497 g/mol. The summed E-state index contributed by atoms with van der Waals surface area (Å²) in [4.78, 5) is 26.7. The van der Waals surface area contributed by atoms with Crippen LogP contribution in [0.5, 0.6) is 0 Å². The molecular formula is C25H32ClF3N4O3. The largest absolute Gasteiger partial charge is 0.481 e. The van der Waals surface area contributed by atoms with E-state index in [4.69, 9.17) is 0 Å². The van der Waals surface area contributed by atoms with Gasteiger partial charge in [-0.1, -0.05) is 31.0 Å². The van der Waals surface area contributed by atoms with E-state index in [0.29, 0.717) is 13.0 Å². The molecule has 1 saturated carbocycles. The van der Waals surface area contributed by atoms with Crippen molar-refractivity contribution in [1.29, 1.82) is 0 Å². The lowest BCUT2D eigenvalue weighted by Crippen LogP contribution is -2.39. The van der Waals surface area contributed by atoms with E-state index < -0.39 is 29.7 Å². The smallest absolute Gasteiger partial charge is 0.417 e. The topological polar surface area (TPSA) is 87.5 Å². The van der Waals surface area contributed by atoms with Gasteiger partial charge >= 0.3 is 12.1 Å². The lowest BCUT2D eigenvalue weighted by atomic mass is 10.0. The Morgan fingerprint density at radius 3 is 2.42 bits per heavy atom. The number of carboxylic acids is 1. The van der Waals surface area contributed by atoms with E-state index in [2.05, 4.69) is 15.3 Å². The van der Waals surface area contributed by atoms with Crippen LogP contribution in [0, 0.1) is 0 Å². The molecule has 2 N–H and O–H groups in total. The Kier molecular flexibility index (Phi) is 9.41. The summed E-state index contributed by atoms with van der Waals surface area (Å²) in [6.45, 7) is 2.60. The number of aromatic nitrogens is 2. The predicted octanol–water partition coefficient (Wildman–Crippen LogP) is 5.16. The lowest BCUT2D eigenvalue weighted by molar-refractivity contribution is -0.138. The lowest BCUT2D eigenvalue weighted by Gasteiger charge is -2.20. The molecule has 11 heteroatoms. The van der Waals surface area contributed by atoms with Crippen molar-refractivity contribution in [2.24, 2.45) is 0 Å². The van der Waals surface area contributed by atoms with E-state index in [1.807, 2.05) is 0 Å². The fraction of sp³-hybridized carbons (Fsp3) is 0.560. The number of benzene rings is 1. The van der Waals surface area contributed by atoms with Crippen LogP contribution in [-0.2, 0) is 11.0 Å². The minimum atomic E-state index is -4.55. The van der Waals surface area contributed by atoms with Gasteiger partial charge in [-0.3, -0.25) is 14.3 Å². The number of carbonyl (C=O) groups excluding carboxylic acids is 1. The van der Waals surface area contributed by atoms with E-state index in [1.54, 1.807) is 4.68 Å². The van der Waals surface area contributed by atoms with Gasteiger partial charge in [0.05, 0.1) is 23.7 Å². The van der Waals surface area contributed by atoms with Gasteiger partial charge in [0, 0.05) is 18.2 Å². The first-order chi connectivity index (χ1) is 16.7. The molecule has 4 rings (SSSR count). The van der Waals surface area contributed by atoms with Gasteiger partial charge in [-0.15, -0.1) is 12.4 Å². The zero-order chi connectivity index (χ0) is 25.0. The second-order valence-corrected chi connectivity index (χ2v) is 9.45. The first kappa shape index (κ1) is 28.0. The first-order valence-electron chi connectivity index (χ1n) is 12.2. The average molecular weight is 529 g/mol. The van der Waals surface area contributed by atoms with E-state index in [1.165, 1.54) is 24.3 Å². The summed E-state index contributed by atoms with van der Waals surface area (Å²) >= 11 is 0. The van der Waals surface area contributed by atoms with Crippen molar-refractivity contribution in [1.82, 2.24) is 20.0 Å². The summed E-state index contributed by atoms with van der Waals surface area (Å²) in [6, 6.07) is 6.03. The van der Waals surface area contributed by atoms with Crippen LogP contribution in [0.1, 0.15) is 73.5 Å². The molecule has 1 amide bonds. The van der Waals surface area contributed by atoms with E-state index in [9.17, 15) is 27.9 Å². The maximum Gasteiger partial charge on any atom is 0.417 e. The molecule has 0 radical (unpaired) electrons. The van der Waals surface area contributed by atoms with Gasteiger partial charge < -0.3 is 15.3 Å². The van der Waals surface area contributed by atoms with Crippen LogP contribution >= 0.6 is 12.4 Å². The third-order valence-electron chi connectivity index (χ3n) is 6.90. The van der Waals surface area contributed by atoms with Crippen LogP contribution in [-0.4, -0.2) is 57.3 Å². The monoisotopic (exact) mass is 528 g/mol. The summed E-state index contributed by atoms with van der Waals surface area (Å²) < 4.78 is 42.8. The molecule has 1 atom stereocenters. The number of carbonyl (C=O) groups is 2. The molecule has 2 aliphatic rings. The Labute approximate surface area is 214 Å². The molecule has 36 heavy (non-hydrogen) atoms. The third kappa shape index (κ3) is 6.79. The number of nitrogens with zero attached hydrogens (tertiary/aromatic N) is 3. The molecule has 0 spiro atoms. The molecule has 1 aliphatic carbocycles. The number of halogens is 4. The molecule has 1 aromatic carbocycles. The van der Waals surface area contributed by atoms with Crippen LogP contribution < -0.4 is 5.32 Å². The number of nitrogens with one attached hydrogen (secondary N) is 1. The molecule has 7 nitrogen and oxygen atoms in total. The molecule has 0 unspecified atom stereocenters. The number of likely N-dealkylation sites (tertiary alicyclic amines) is 1. The van der Waals surface area contributed by atoms with E-state index in [-0.39, 0.29) is 41.8 Å². The Hall–Kier alpha value is -2.59. The van der Waals surface area contributed by atoms with Crippen molar-refractivity contribution >= 4 is 24.3 Å². The Bertz CT molecular complexity index is 1050. The van der Waals surface area contributed by atoms with Gasteiger partial charge in [0.15, 0.2) is 5.69 Å².